The van der Waals surface area contributed by atoms with Crippen LogP contribution in [-0.4, -0.2) is 36.6 Å². The summed E-state index contributed by atoms with van der Waals surface area (Å²) in [7, 11) is 0. The Hall–Kier alpha value is -2.01. The van der Waals surface area contributed by atoms with Crippen LogP contribution in [0.15, 0.2) is 24.3 Å². The molecule has 1 fully saturated rings. The van der Waals surface area contributed by atoms with Crippen molar-refractivity contribution in [3.63, 3.8) is 0 Å². The van der Waals surface area contributed by atoms with Crippen molar-refractivity contribution in [3.05, 3.63) is 34.9 Å². The summed E-state index contributed by atoms with van der Waals surface area (Å²) in [6.07, 6.45) is 3.40. The van der Waals surface area contributed by atoms with Gasteiger partial charge in [-0.25, -0.2) is 4.79 Å². The predicted octanol–water partition coefficient (Wildman–Crippen LogP) is 1.76. The number of nitrogens with zero attached hydrogens (tertiary/aromatic N) is 1. The average Bonchev–Trinajstić information content (AvgIpc) is 2.61. The molecule has 106 valence electrons. The summed E-state index contributed by atoms with van der Waals surface area (Å²) in [5.41, 5.74) is 1.50. The van der Waals surface area contributed by atoms with Gasteiger partial charge in [0.1, 0.15) is 0 Å². The first-order valence-electron chi connectivity index (χ1n) is 6.28. The van der Waals surface area contributed by atoms with Crippen molar-refractivity contribution in [1.29, 1.82) is 0 Å². The highest BCUT2D eigenvalue weighted by Gasteiger charge is 2.17. The van der Waals surface area contributed by atoms with Crippen molar-refractivity contribution >= 4 is 35.2 Å². The van der Waals surface area contributed by atoms with Crippen molar-refractivity contribution in [2.75, 3.05) is 24.5 Å². The molecule has 0 aliphatic carbocycles. The van der Waals surface area contributed by atoms with Crippen molar-refractivity contribution < 1.29 is 14.7 Å². The van der Waals surface area contributed by atoms with Crippen molar-refractivity contribution in [3.8, 4) is 0 Å². The molecule has 2 rings (SSSR count). The van der Waals surface area contributed by atoms with Crippen LogP contribution in [0.5, 0.6) is 0 Å². The fourth-order valence-electron chi connectivity index (χ4n) is 2.12. The Morgan fingerprint density at radius 1 is 1.45 bits per heavy atom. The van der Waals surface area contributed by atoms with Gasteiger partial charge in [0.25, 0.3) is 0 Å². The molecule has 0 atom stereocenters. The van der Waals surface area contributed by atoms with E-state index in [-0.39, 0.29) is 12.5 Å². The van der Waals surface area contributed by atoms with Crippen molar-refractivity contribution in [2.45, 2.75) is 6.42 Å². The third kappa shape index (κ3) is 3.74. The molecule has 1 aliphatic rings. The SMILES string of the molecule is O=C(O)/C=C/c1cc(Cl)ccc1N1CCCNC(=O)C1. The van der Waals surface area contributed by atoms with Crippen molar-refractivity contribution in [2.24, 2.45) is 0 Å². The smallest absolute Gasteiger partial charge is 0.328 e. The number of halogens is 1. The minimum absolute atomic E-state index is 0.0365. The third-order valence-corrected chi connectivity index (χ3v) is 3.23. The lowest BCUT2D eigenvalue weighted by molar-refractivity contribution is -0.131. The fourth-order valence-corrected chi connectivity index (χ4v) is 2.30. The molecule has 0 bridgehead atoms. The molecule has 1 amide bonds. The molecule has 1 aliphatic heterocycles. The third-order valence-electron chi connectivity index (χ3n) is 3.00. The first-order chi connectivity index (χ1) is 9.56. The lowest BCUT2D eigenvalue weighted by Gasteiger charge is -2.23. The maximum atomic E-state index is 11.6. The number of hydrogen-bond acceptors (Lipinski definition) is 3. The molecular weight excluding hydrogens is 280 g/mol. The van der Waals surface area contributed by atoms with Gasteiger partial charge in [0.2, 0.25) is 5.91 Å². The number of aliphatic carboxylic acids is 1. The maximum Gasteiger partial charge on any atom is 0.328 e. The molecule has 1 saturated heterocycles. The summed E-state index contributed by atoms with van der Waals surface area (Å²) in [5, 5.41) is 12.1. The number of carboxylic acids is 1. The van der Waals surface area contributed by atoms with E-state index in [9.17, 15) is 9.59 Å². The number of carbonyl (C=O) groups is 2. The molecule has 0 aromatic heterocycles. The number of amides is 1. The van der Waals surface area contributed by atoms with Crippen LogP contribution < -0.4 is 10.2 Å². The zero-order valence-electron chi connectivity index (χ0n) is 10.8. The molecule has 0 saturated carbocycles. The van der Waals surface area contributed by atoms with Crippen LogP contribution >= 0.6 is 11.6 Å². The zero-order chi connectivity index (χ0) is 14.5. The van der Waals surface area contributed by atoms with E-state index in [1.165, 1.54) is 6.08 Å². The number of anilines is 1. The largest absolute Gasteiger partial charge is 0.478 e. The molecule has 1 aromatic carbocycles. The van der Waals surface area contributed by atoms with E-state index in [1.807, 2.05) is 11.0 Å². The monoisotopic (exact) mass is 294 g/mol. The Kier molecular flexibility index (Phi) is 4.63. The molecule has 0 spiro atoms. The van der Waals surface area contributed by atoms with E-state index < -0.39 is 5.97 Å². The highest BCUT2D eigenvalue weighted by atomic mass is 35.5. The molecule has 6 heteroatoms. The first-order valence-corrected chi connectivity index (χ1v) is 6.66. The van der Waals surface area contributed by atoms with Gasteiger partial charge in [-0.05, 0) is 36.3 Å². The minimum atomic E-state index is -1.02. The van der Waals surface area contributed by atoms with Gasteiger partial charge in [0.15, 0.2) is 0 Å². The van der Waals surface area contributed by atoms with Gasteiger partial charge in [-0.2, -0.15) is 0 Å². The van der Waals surface area contributed by atoms with Crippen molar-refractivity contribution in [1.82, 2.24) is 5.32 Å². The van der Waals surface area contributed by atoms with E-state index in [1.54, 1.807) is 12.1 Å². The zero-order valence-corrected chi connectivity index (χ0v) is 11.6. The number of nitrogens with one attached hydrogen (secondary N) is 1. The molecule has 5 nitrogen and oxygen atoms in total. The van der Waals surface area contributed by atoms with Crippen LogP contribution in [0.3, 0.4) is 0 Å². The second-order valence-electron chi connectivity index (χ2n) is 4.50. The molecule has 1 heterocycles. The van der Waals surface area contributed by atoms with Crippen LogP contribution in [0.2, 0.25) is 5.02 Å². The highest BCUT2D eigenvalue weighted by molar-refractivity contribution is 6.30. The summed E-state index contributed by atoms with van der Waals surface area (Å²) in [4.78, 5) is 24.2. The van der Waals surface area contributed by atoms with Gasteiger partial charge >= 0.3 is 5.97 Å². The topological polar surface area (TPSA) is 69.6 Å². The highest BCUT2D eigenvalue weighted by Crippen LogP contribution is 2.26. The summed E-state index contributed by atoms with van der Waals surface area (Å²) in [6, 6.07) is 5.24. The molecule has 20 heavy (non-hydrogen) atoms. The maximum absolute atomic E-state index is 11.6. The lowest BCUT2D eigenvalue weighted by atomic mass is 10.1. The average molecular weight is 295 g/mol. The van der Waals surface area contributed by atoms with Gasteiger partial charge < -0.3 is 15.3 Å². The number of rotatable bonds is 3. The second kappa shape index (κ2) is 6.43. The van der Waals surface area contributed by atoms with Crippen LogP contribution in [0.1, 0.15) is 12.0 Å². The number of hydrogen-bond donors (Lipinski definition) is 2. The molecule has 1 aromatic rings. The number of carboxylic acid groups (broad SMARTS) is 1. The van der Waals surface area contributed by atoms with E-state index in [0.29, 0.717) is 17.1 Å². The number of carbonyl (C=O) groups excluding carboxylic acids is 1. The summed E-state index contributed by atoms with van der Waals surface area (Å²) in [6.45, 7) is 1.65. The van der Waals surface area contributed by atoms with Crippen LogP contribution in [-0.2, 0) is 9.59 Å². The molecule has 0 unspecified atom stereocenters. The van der Waals surface area contributed by atoms with Crippen LogP contribution in [0, 0.1) is 0 Å². The quantitative estimate of drug-likeness (QED) is 0.834. The van der Waals surface area contributed by atoms with E-state index >= 15 is 0 Å². The molecule has 2 N–H and O–H groups in total. The van der Waals surface area contributed by atoms with Gasteiger partial charge in [0, 0.05) is 29.9 Å². The Bertz CT molecular complexity index is 557. The molecular formula is C14H15ClN2O3. The summed E-state index contributed by atoms with van der Waals surface area (Å²) >= 11 is 5.95. The minimum Gasteiger partial charge on any atom is -0.478 e. The Morgan fingerprint density at radius 2 is 2.25 bits per heavy atom. The second-order valence-corrected chi connectivity index (χ2v) is 4.94. The predicted molar refractivity (Wildman–Crippen MR) is 78.0 cm³/mol. The van der Waals surface area contributed by atoms with E-state index in [2.05, 4.69) is 5.32 Å². The van der Waals surface area contributed by atoms with E-state index in [0.717, 1.165) is 24.7 Å². The van der Waals surface area contributed by atoms with Gasteiger partial charge in [-0.3, -0.25) is 4.79 Å². The fraction of sp³-hybridized carbons (Fsp3) is 0.286. The summed E-state index contributed by atoms with van der Waals surface area (Å²) in [5.74, 6) is -1.06. The Morgan fingerprint density at radius 3 is 3.00 bits per heavy atom. The lowest BCUT2D eigenvalue weighted by Crippen LogP contribution is -2.33. The van der Waals surface area contributed by atoms with Gasteiger partial charge in [0.05, 0.1) is 6.54 Å². The van der Waals surface area contributed by atoms with Crippen LogP contribution in [0.25, 0.3) is 6.08 Å². The van der Waals surface area contributed by atoms with Gasteiger partial charge in [-0.15, -0.1) is 0 Å². The Balaban J connectivity index is 2.34. The first kappa shape index (κ1) is 14.4. The standard InChI is InChI=1S/C14H15ClN2O3/c15-11-3-4-12(10(8-11)2-5-14(19)20)17-7-1-6-16-13(18)9-17/h2-5,8H,1,6-7,9H2,(H,16,18)(H,19,20)/b5-2+. The summed E-state index contributed by atoms with van der Waals surface area (Å²) < 4.78 is 0. The molecule has 0 radical (unpaired) electrons. The van der Waals surface area contributed by atoms with Crippen LogP contribution in [0.4, 0.5) is 5.69 Å². The normalized spacial score (nSPS) is 16.1. The van der Waals surface area contributed by atoms with E-state index in [4.69, 9.17) is 16.7 Å². The van der Waals surface area contributed by atoms with Gasteiger partial charge in [-0.1, -0.05) is 11.6 Å². The Labute approximate surface area is 121 Å². The number of benzene rings is 1.